The third-order valence-corrected chi connectivity index (χ3v) is 4.60. The minimum atomic E-state index is -0.516. The van der Waals surface area contributed by atoms with E-state index in [9.17, 15) is 14.4 Å². The maximum atomic E-state index is 12.3. The van der Waals surface area contributed by atoms with E-state index in [1.165, 1.54) is 6.42 Å². The standard InChI is InChI=1S/C21H31N3O4/c1-16(2)23-21(27)22-14-17-8-10-18(11-9-17)20(26)28-15-19(25)24-12-6-4-3-5-7-13-24/h8-11,16H,3-7,12-15H2,1-2H3,(H2,22,23,27). The van der Waals surface area contributed by atoms with Gasteiger partial charge >= 0.3 is 12.0 Å². The summed E-state index contributed by atoms with van der Waals surface area (Å²) in [6.07, 6.45) is 5.52. The van der Waals surface area contributed by atoms with Gasteiger partial charge in [-0.25, -0.2) is 9.59 Å². The normalized spacial score (nSPS) is 14.8. The Kier molecular flexibility index (Phi) is 8.78. The van der Waals surface area contributed by atoms with E-state index in [-0.39, 0.29) is 24.6 Å². The molecule has 1 heterocycles. The van der Waals surface area contributed by atoms with Crippen LogP contribution in [0.5, 0.6) is 0 Å². The average Bonchev–Trinajstić information content (AvgIpc) is 2.64. The summed E-state index contributed by atoms with van der Waals surface area (Å²) in [6, 6.07) is 6.62. The molecule has 28 heavy (non-hydrogen) atoms. The molecule has 0 aromatic heterocycles. The Labute approximate surface area is 166 Å². The van der Waals surface area contributed by atoms with Crippen LogP contribution >= 0.6 is 0 Å². The Morgan fingerprint density at radius 3 is 2.21 bits per heavy atom. The molecule has 0 spiro atoms. The molecule has 0 bridgehead atoms. The molecule has 1 aliphatic rings. The summed E-state index contributed by atoms with van der Waals surface area (Å²) in [6.45, 7) is 5.39. The van der Waals surface area contributed by atoms with Gasteiger partial charge in [-0.15, -0.1) is 0 Å². The molecule has 0 saturated carbocycles. The summed E-state index contributed by atoms with van der Waals surface area (Å²) in [5.41, 5.74) is 1.25. The zero-order valence-electron chi connectivity index (χ0n) is 16.8. The first kappa shape index (κ1) is 21.7. The van der Waals surface area contributed by atoms with Crippen LogP contribution in [0.25, 0.3) is 0 Å². The van der Waals surface area contributed by atoms with Crippen molar-refractivity contribution in [2.45, 2.75) is 58.5 Å². The highest BCUT2D eigenvalue weighted by atomic mass is 16.5. The van der Waals surface area contributed by atoms with Gasteiger partial charge in [0, 0.05) is 25.7 Å². The second-order valence-corrected chi connectivity index (χ2v) is 7.40. The molecule has 7 nitrogen and oxygen atoms in total. The van der Waals surface area contributed by atoms with Crippen LogP contribution in [0.15, 0.2) is 24.3 Å². The molecule has 2 N–H and O–H groups in total. The van der Waals surface area contributed by atoms with Crippen molar-refractivity contribution in [3.63, 3.8) is 0 Å². The number of likely N-dealkylation sites (tertiary alicyclic amines) is 1. The van der Waals surface area contributed by atoms with Gasteiger partial charge in [-0.3, -0.25) is 4.79 Å². The highest BCUT2D eigenvalue weighted by Crippen LogP contribution is 2.11. The predicted molar refractivity (Wildman–Crippen MR) is 107 cm³/mol. The molecule has 3 amide bonds. The van der Waals surface area contributed by atoms with Crippen LogP contribution in [0, 0.1) is 0 Å². The molecular weight excluding hydrogens is 358 g/mol. The van der Waals surface area contributed by atoms with E-state index in [4.69, 9.17) is 4.74 Å². The maximum absolute atomic E-state index is 12.3. The van der Waals surface area contributed by atoms with Crippen molar-refractivity contribution in [1.82, 2.24) is 15.5 Å². The van der Waals surface area contributed by atoms with Crippen LogP contribution in [0.3, 0.4) is 0 Å². The highest BCUT2D eigenvalue weighted by Gasteiger charge is 2.17. The molecular formula is C21H31N3O4. The van der Waals surface area contributed by atoms with Crippen LogP contribution in [0.1, 0.15) is 61.9 Å². The third kappa shape index (κ3) is 7.58. The second-order valence-electron chi connectivity index (χ2n) is 7.40. The molecule has 1 aliphatic heterocycles. The fourth-order valence-electron chi connectivity index (χ4n) is 3.05. The monoisotopic (exact) mass is 389 g/mol. The number of urea groups is 1. The van der Waals surface area contributed by atoms with Gasteiger partial charge in [0.05, 0.1) is 5.56 Å². The van der Waals surface area contributed by atoms with Crippen LogP contribution in [0.2, 0.25) is 0 Å². The van der Waals surface area contributed by atoms with Gasteiger partial charge in [-0.1, -0.05) is 31.4 Å². The topological polar surface area (TPSA) is 87.7 Å². The first-order chi connectivity index (χ1) is 13.5. The predicted octanol–water partition coefficient (Wildman–Crippen LogP) is 2.84. The van der Waals surface area contributed by atoms with Crippen molar-refractivity contribution in [2.75, 3.05) is 19.7 Å². The Bertz CT molecular complexity index is 650. The lowest BCUT2D eigenvalue weighted by Crippen LogP contribution is -2.39. The number of benzene rings is 1. The molecule has 0 atom stereocenters. The summed E-state index contributed by atoms with van der Waals surface area (Å²) in [4.78, 5) is 37.8. The molecule has 154 valence electrons. The minimum absolute atomic E-state index is 0.0682. The number of ether oxygens (including phenoxy) is 1. The van der Waals surface area contributed by atoms with E-state index >= 15 is 0 Å². The lowest BCUT2D eigenvalue weighted by Gasteiger charge is -2.24. The molecule has 1 aromatic rings. The fraction of sp³-hybridized carbons (Fsp3) is 0.571. The first-order valence-corrected chi connectivity index (χ1v) is 10.0. The van der Waals surface area contributed by atoms with Gasteiger partial charge in [0.15, 0.2) is 6.61 Å². The van der Waals surface area contributed by atoms with E-state index in [1.807, 2.05) is 13.8 Å². The number of esters is 1. The van der Waals surface area contributed by atoms with E-state index in [1.54, 1.807) is 29.2 Å². The van der Waals surface area contributed by atoms with Crippen LogP contribution in [0.4, 0.5) is 4.79 Å². The quantitative estimate of drug-likeness (QED) is 0.733. The zero-order valence-corrected chi connectivity index (χ0v) is 16.8. The zero-order chi connectivity index (χ0) is 20.4. The van der Waals surface area contributed by atoms with E-state index < -0.39 is 5.97 Å². The van der Waals surface area contributed by atoms with Crippen LogP contribution < -0.4 is 10.6 Å². The molecule has 1 aromatic carbocycles. The Balaban J connectivity index is 1.77. The number of hydrogen-bond donors (Lipinski definition) is 2. The lowest BCUT2D eigenvalue weighted by atomic mass is 10.1. The van der Waals surface area contributed by atoms with Crippen molar-refractivity contribution in [2.24, 2.45) is 0 Å². The molecule has 0 aliphatic carbocycles. The Hall–Kier alpha value is -2.57. The summed E-state index contributed by atoms with van der Waals surface area (Å²) >= 11 is 0. The van der Waals surface area contributed by atoms with Crippen LogP contribution in [-0.2, 0) is 16.1 Å². The van der Waals surface area contributed by atoms with E-state index in [0.29, 0.717) is 12.1 Å². The highest BCUT2D eigenvalue weighted by molar-refractivity contribution is 5.91. The van der Waals surface area contributed by atoms with Gasteiger partial charge in [-0.05, 0) is 44.4 Å². The van der Waals surface area contributed by atoms with Gasteiger partial charge in [0.25, 0.3) is 5.91 Å². The van der Waals surface area contributed by atoms with Crippen molar-refractivity contribution in [3.05, 3.63) is 35.4 Å². The molecule has 1 saturated heterocycles. The smallest absolute Gasteiger partial charge is 0.338 e. The number of rotatable bonds is 6. The molecule has 0 unspecified atom stereocenters. The van der Waals surface area contributed by atoms with Crippen molar-refractivity contribution in [3.8, 4) is 0 Å². The largest absolute Gasteiger partial charge is 0.452 e. The number of nitrogens with zero attached hydrogens (tertiary/aromatic N) is 1. The summed E-state index contributed by atoms with van der Waals surface area (Å²) in [5, 5.41) is 5.49. The lowest BCUT2D eigenvalue weighted by molar-refractivity contribution is -0.134. The average molecular weight is 389 g/mol. The number of hydrogen-bond acceptors (Lipinski definition) is 4. The van der Waals surface area contributed by atoms with Gasteiger partial charge < -0.3 is 20.3 Å². The number of carbonyl (C=O) groups is 3. The summed E-state index contributed by atoms with van der Waals surface area (Å²) < 4.78 is 5.19. The van der Waals surface area contributed by atoms with Crippen molar-refractivity contribution in [1.29, 1.82) is 0 Å². The number of nitrogens with one attached hydrogen (secondary N) is 2. The molecule has 2 rings (SSSR count). The second kappa shape index (κ2) is 11.3. The molecule has 1 fully saturated rings. The SMILES string of the molecule is CC(C)NC(=O)NCc1ccc(C(=O)OCC(=O)N2CCCCCCC2)cc1. The first-order valence-electron chi connectivity index (χ1n) is 10.0. The maximum Gasteiger partial charge on any atom is 0.338 e. The third-order valence-electron chi connectivity index (χ3n) is 4.60. The van der Waals surface area contributed by atoms with Crippen molar-refractivity contribution < 1.29 is 19.1 Å². The van der Waals surface area contributed by atoms with Gasteiger partial charge in [0.1, 0.15) is 0 Å². The number of carbonyl (C=O) groups excluding carboxylic acids is 3. The number of amides is 3. The Morgan fingerprint density at radius 1 is 1.00 bits per heavy atom. The van der Waals surface area contributed by atoms with Gasteiger partial charge in [-0.2, -0.15) is 0 Å². The summed E-state index contributed by atoms with van der Waals surface area (Å²) in [5.74, 6) is -0.648. The Morgan fingerprint density at radius 2 is 1.61 bits per heavy atom. The molecule has 0 radical (unpaired) electrons. The summed E-state index contributed by atoms with van der Waals surface area (Å²) in [7, 11) is 0. The van der Waals surface area contributed by atoms with E-state index in [2.05, 4.69) is 10.6 Å². The van der Waals surface area contributed by atoms with Gasteiger partial charge in [0.2, 0.25) is 0 Å². The van der Waals surface area contributed by atoms with E-state index in [0.717, 1.165) is 44.3 Å². The van der Waals surface area contributed by atoms with Crippen LogP contribution in [-0.4, -0.2) is 48.5 Å². The van der Waals surface area contributed by atoms with Crippen molar-refractivity contribution >= 4 is 17.9 Å². The molecule has 7 heteroatoms. The fourth-order valence-corrected chi connectivity index (χ4v) is 3.05. The minimum Gasteiger partial charge on any atom is -0.452 e.